The number of nitrogens with one attached hydrogen (secondary N) is 2. The molecule has 0 saturated heterocycles. The second kappa shape index (κ2) is 32.5. The molecule has 2 fully saturated rings. The summed E-state index contributed by atoms with van der Waals surface area (Å²) in [6.07, 6.45) is 11.9. The van der Waals surface area contributed by atoms with Gasteiger partial charge < -0.3 is 37.0 Å². The molecule has 0 aromatic rings. The molecule has 0 atom stereocenters. The fraction of sp³-hybridized carbons (Fsp3) is 0.737. The van der Waals surface area contributed by atoms with E-state index in [0.29, 0.717) is 0 Å². The van der Waals surface area contributed by atoms with Gasteiger partial charge in [0.25, 0.3) is 0 Å². The van der Waals surface area contributed by atoms with Crippen LogP contribution in [0.15, 0.2) is 0 Å². The third kappa shape index (κ3) is 39.0. The normalized spacial score (nSPS) is 13.3. The molecule has 178 valence electrons. The van der Waals surface area contributed by atoms with Gasteiger partial charge in [-0.15, -0.1) is 0 Å². The molecule has 7 nitrogen and oxygen atoms in total. The monoisotopic (exact) mass is 520 g/mol. The van der Waals surface area contributed by atoms with Crippen LogP contribution in [0.3, 0.4) is 0 Å². The zero-order chi connectivity index (χ0) is 19.5. The smallest absolute Gasteiger partial charge is 0.358 e. The maximum Gasteiger partial charge on any atom is 2.00 e. The Balaban J connectivity index is -0.0000000613. The average molecular weight is 521 g/mol. The van der Waals surface area contributed by atoms with Crippen molar-refractivity contribution < 1.29 is 48.5 Å². The fourth-order valence-corrected chi connectivity index (χ4v) is 2.55. The van der Waals surface area contributed by atoms with E-state index in [1.54, 1.807) is 0 Å². The maximum absolute atomic E-state index is 10.4. The minimum Gasteiger partial charge on any atom is -0.358 e. The van der Waals surface area contributed by atoms with Gasteiger partial charge in [-0.2, -0.15) is 0 Å². The van der Waals surface area contributed by atoms with E-state index >= 15 is 0 Å². The Kier molecular flexibility index (Phi) is 48.1. The van der Waals surface area contributed by atoms with E-state index in [2.05, 4.69) is 22.1 Å². The van der Waals surface area contributed by atoms with Gasteiger partial charge in [0.15, 0.2) is 0 Å². The van der Waals surface area contributed by atoms with Gasteiger partial charge in [-0.3, -0.25) is 14.4 Å². The molecule has 6 N–H and O–H groups in total. The van der Waals surface area contributed by atoms with Crippen molar-refractivity contribution in [2.75, 3.05) is 13.3 Å². The van der Waals surface area contributed by atoms with E-state index < -0.39 is 0 Å². The van der Waals surface area contributed by atoms with Gasteiger partial charge in [0.2, 0.25) is 17.1 Å². The Labute approximate surface area is 204 Å². The fourth-order valence-electron chi connectivity index (χ4n) is 2.33. The number of hydrogen-bond acceptors (Lipinski definition) is 5. The second-order valence-corrected chi connectivity index (χ2v) is 6.30. The van der Waals surface area contributed by atoms with Crippen LogP contribution in [0, 0.1) is 20.8 Å². The van der Waals surface area contributed by atoms with Crippen LogP contribution < -0.4 is 22.1 Å². The molecular formula is C19H41ClFe2N4O3. The molecule has 2 aliphatic rings. The molecule has 2 aliphatic carbocycles. The standard InChI is InChI=1S/C6H9ClO.C5H10N2O2.C5H10.CH6N2.2CH3.2Fe/c7-6(8)5-3-1-2-4-5;1-4(8)6-3-7-5(2)9;1-2-4-5-3-1;2-1-3;;;;/h5H,1-4H2;3H2,1-2H3,(H,6,8)(H,7,9);1-5H2;1-3H2;2*1H3;;/q;;;;2*-1;;+2. The van der Waals surface area contributed by atoms with Crippen molar-refractivity contribution in [1.29, 1.82) is 0 Å². The van der Waals surface area contributed by atoms with E-state index in [1.807, 2.05) is 0 Å². The summed E-state index contributed by atoms with van der Waals surface area (Å²) < 4.78 is 0. The molecule has 0 spiro atoms. The summed E-state index contributed by atoms with van der Waals surface area (Å²) >= 11 is 5.25. The first-order valence-corrected chi connectivity index (χ1v) is 9.31. The van der Waals surface area contributed by atoms with E-state index in [4.69, 9.17) is 11.6 Å². The number of halogens is 1. The summed E-state index contributed by atoms with van der Waals surface area (Å²) in [5, 5.41) is 4.68. The van der Waals surface area contributed by atoms with Crippen LogP contribution in [-0.4, -0.2) is 30.4 Å². The van der Waals surface area contributed by atoms with Gasteiger partial charge in [-0.05, 0) is 24.4 Å². The van der Waals surface area contributed by atoms with Gasteiger partial charge in [0.1, 0.15) is 0 Å². The van der Waals surface area contributed by atoms with Gasteiger partial charge in [0.05, 0.1) is 6.67 Å². The first-order chi connectivity index (χ1) is 11.8. The average Bonchev–Trinajstić information content (AvgIpc) is 3.25. The predicted octanol–water partition coefficient (Wildman–Crippen LogP) is 2.87. The van der Waals surface area contributed by atoms with Crippen molar-refractivity contribution in [2.24, 2.45) is 17.4 Å². The van der Waals surface area contributed by atoms with Gasteiger partial charge in [-0.25, -0.2) is 0 Å². The van der Waals surface area contributed by atoms with Crippen LogP contribution in [0.4, 0.5) is 0 Å². The van der Waals surface area contributed by atoms with E-state index in [0.717, 1.165) is 12.8 Å². The molecule has 0 radical (unpaired) electrons. The molecule has 2 rings (SSSR count). The van der Waals surface area contributed by atoms with E-state index in [9.17, 15) is 14.4 Å². The van der Waals surface area contributed by atoms with Gasteiger partial charge in [-0.1, -0.05) is 44.9 Å². The van der Waals surface area contributed by atoms with Crippen LogP contribution in [0.2, 0.25) is 0 Å². The van der Waals surface area contributed by atoms with Crippen LogP contribution in [0.5, 0.6) is 0 Å². The molecular weight excluding hydrogens is 479 g/mol. The van der Waals surface area contributed by atoms with Crippen molar-refractivity contribution in [3.63, 3.8) is 0 Å². The summed E-state index contributed by atoms with van der Waals surface area (Å²) in [7, 11) is 0. The van der Waals surface area contributed by atoms with Crippen molar-refractivity contribution >= 4 is 28.7 Å². The number of carbonyl (C=O) groups is 3. The van der Waals surface area contributed by atoms with E-state index in [-0.39, 0.29) is 85.3 Å². The molecule has 0 unspecified atom stereocenters. The number of rotatable bonds is 3. The van der Waals surface area contributed by atoms with Crippen molar-refractivity contribution in [3.05, 3.63) is 14.9 Å². The first kappa shape index (κ1) is 42.9. The summed E-state index contributed by atoms with van der Waals surface area (Å²) in [5.41, 5.74) is 9.25. The summed E-state index contributed by atoms with van der Waals surface area (Å²) in [5.74, 6) is -0.107. The number of nitrogens with two attached hydrogens (primary N) is 2. The molecule has 0 heterocycles. The zero-order valence-electron chi connectivity index (χ0n) is 18.3. The number of hydrogen-bond donors (Lipinski definition) is 4. The molecule has 2 amide bonds. The Hall–Kier alpha value is -0.141. The molecule has 0 bridgehead atoms. The van der Waals surface area contributed by atoms with Gasteiger partial charge in [0, 0.05) is 43.5 Å². The summed E-state index contributed by atoms with van der Waals surface area (Å²) in [6.45, 7) is 3.24. The minimum absolute atomic E-state index is 0. The molecule has 10 heteroatoms. The predicted molar refractivity (Wildman–Crippen MR) is 114 cm³/mol. The largest absolute Gasteiger partial charge is 2.00 e. The van der Waals surface area contributed by atoms with Gasteiger partial charge >= 0.3 is 17.1 Å². The first-order valence-electron chi connectivity index (χ1n) is 8.93. The molecule has 29 heavy (non-hydrogen) atoms. The van der Waals surface area contributed by atoms with Crippen molar-refractivity contribution in [1.82, 2.24) is 10.6 Å². The maximum atomic E-state index is 10.4. The Morgan fingerprint density at radius 2 is 1.10 bits per heavy atom. The SMILES string of the molecule is C1CCCC1.CC(=O)NCNC(C)=O.NCN.O=C(Cl)C1CCCC1.[CH3-].[CH3-].[Fe+2].[Fe]. The van der Waals surface area contributed by atoms with Crippen molar-refractivity contribution in [2.45, 2.75) is 71.6 Å². The third-order valence-corrected chi connectivity index (χ3v) is 3.91. The minimum atomic E-state index is -0.149. The van der Waals surface area contributed by atoms with Crippen LogP contribution in [0.25, 0.3) is 0 Å². The quantitative estimate of drug-likeness (QED) is 0.197. The number of carbonyl (C=O) groups excluding carboxylic acids is 3. The van der Waals surface area contributed by atoms with Crippen LogP contribution >= 0.6 is 11.6 Å². The molecule has 0 aromatic heterocycles. The van der Waals surface area contributed by atoms with Crippen LogP contribution in [0.1, 0.15) is 71.6 Å². The molecule has 0 aliphatic heterocycles. The molecule has 2 saturated carbocycles. The Bertz CT molecular complexity index is 348. The van der Waals surface area contributed by atoms with Crippen molar-refractivity contribution in [3.8, 4) is 0 Å². The topological polar surface area (TPSA) is 127 Å². The zero-order valence-corrected chi connectivity index (χ0v) is 21.3. The second-order valence-electron chi connectivity index (χ2n) is 5.93. The molecule has 0 aromatic carbocycles. The van der Waals surface area contributed by atoms with Crippen LogP contribution in [-0.2, 0) is 48.5 Å². The number of amides is 2. The summed E-state index contributed by atoms with van der Waals surface area (Å²) in [4.78, 5) is 30.7. The van der Waals surface area contributed by atoms with E-state index in [1.165, 1.54) is 58.8 Å². The Morgan fingerprint density at radius 1 is 0.828 bits per heavy atom. The Morgan fingerprint density at radius 3 is 1.28 bits per heavy atom. The third-order valence-electron chi connectivity index (χ3n) is 3.60. The summed E-state index contributed by atoms with van der Waals surface area (Å²) in [6, 6.07) is 0.